The number of aromatic nitrogens is 1. The Kier molecular flexibility index (Phi) is 4.68. The Labute approximate surface area is 101 Å². The summed E-state index contributed by atoms with van der Waals surface area (Å²) in [5.74, 6) is 0. The highest BCUT2D eigenvalue weighted by atomic mass is 35.5. The van der Waals surface area contributed by atoms with Gasteiger partial charge in [0.05, 0.1) is 11.2 Å². The second-order valence-corrected chi connectivity index (χ2v) is 3.61. The van der Waals surface area contributed by atoms with Crippen LogP contribution in [0.4, 0.5) is 0 Å². The first kappa shape index (κ1) is 12.9. The summed E-state index contributed by atoms with van der Waals surface area (Å²) >= 11 is 0. The first-order valence-electron chi connectivity index (χ1n) is 5.12. The summed E-state index contributed by atoms with van der Waals surface area (Å²) < 4.78 is 0. The van der Waals surface area contributed by atoms with E-state index in [4.69, 9.17) is 11.5 Å². The summed E-state index contributed by atoms with van der Waals surface area (Å²) in [5, 5.41) is 1.14. The van der Waals surface area contributed by atoms with E-state index < -0.39 is 0 Å². The zero-order valence-electron chi connectivity index (χ0n) is 8.97. The third kappa shape index (κ3) is 2.70. The maximum absolute atomic E-state index is 5.95. The minimum atomic E-state index is -0.0559. The SMILES string of the molecule is Cl.NCC[C@H](N)c1ccc2ccccc2n1. The van der Waals surface area contributed by atoms with Gasteiger partial charge in [0.25, 0.3) is 0 Å². The van der Waals surface area contributed by atoms with Gasteiger partial charge in [0.2, 0.25) is 0 Å². The van der Waals surface area contributed by atoms with Crippen LogP contribution in [0.25, 0.3) is 10.9 Å². The Morgan fingerprint density at radius 3 is 2.62 bits per heavy atom. The summed E-state index contributed by atoms with van der Waals surface area (Å²) in [6.07, 6.45) is 0.769. The first-order chi connectivity index (χ1) is 7.31. The monoisotopic (exact) mass is 237 g/mol. The van der Waals surface area contributed by atoms with Crippen LogP contribution in [0.15, 0.2) is 36.4 Å². The highest BCUT2D eigenvalue weighted by Gasteiger charge is 2.06. The molecule has 0 fully saturated rings. The van der Waals surface area contributed by atoms with Crippen molar-refractivity contribution in [2.45, 2.75) is 12.5 Å². The van der Waals surface area contributed by atoms with Gasteiger partial charge in [-0.15, -0.1) is 12.4 Å². The predicted molar refractivity (Wildman–Crippen MR) is 69.6 cm³/mol. The molecule has 2 rings (SSSR count). The molecule has 0 radical (unpaired) electrons. The first-order valence-corrected chi connectivity index (χ1v) is 5.12. The van der Waals surface area contributed by atoms with Crippen molar-refractivity contribution < 1.29 is 0 Å². The molecule has 0 saturated carbocycles. The Hall–Kier alpha value is -1.16. The molecular weight excluding hydrogens is 222 g/mol. The molecule has 1 aromatic carbocycles. The van der Waals surface area contributed by atoms with Crippen LogP contribution >= 0.6 is 12.4 Å². The average Bonchev–Trinajstić information content (AvgIpc) is 2.29. The lowest BCUT2D eigenvalue weighted by molar-refractivity contribution is 0.645. The Balaban J connectivity index is 0.00000128. The predicted octanol–water partition coefficient (Wildman–Crippen LogP) is 2.01. The second kappa shape index (κ2) is 5.80. The number of rotatable bonds is 3. The van der Waals surface area contributed by atoms with E-state index in [1.54, 1.807) is 0 Å². The lowest BCUT2D eigenvalue weighted by Crippen LogP contribution is -2.16. The van der Waals surface area contributed by atoms with Crippen LogP contribution in [0, 0.1) is 0 Å². The molecule has 2 aromatic rings. The zero-order chi connectivity index (χ0) is 10.7. The lowest BCUT2D eigenvalue weighted by Gasteiger charge is -2.10. The molecule has 4 heteroatoms. The van der Waals surface area contributed by atoms with Gasteiger partial charge in [-0.1, -0.05) is 24.3 Å². The second-order valence-electron chi connectivity index (χ2n) is 3.61. The van der Waals surface area contributed by atoms with E-state index in [9.17, 15) is 0 Å². The summed E-state index contributed by atoms with van der Waals surface area (Å²) in [6, 6.07) is 12.0. The van der Waals surface area contributed by atoms with E-state index in [1.165, 1.54) is 0 Å². The van der Waals surface area contributed by atoms with Crippen LogP contribution in [-0.4, -0.2) is 11.5 Å². The summed E-state index contributed by atoms with van der Waals surface area (Å²) in [6.45, 7) is 0.593. The topological polar surface area (TPSA) is 64.9 Å². The summed E-state index contributed by atoms with van der Waals surface area (Å²) in [7, 11) is 0. The van der Waals surface area contributed by atoms with Crippen LogP contribution in [0.1, 0.15) is 18.2 Å². The van der Waals surface area contributed by atoms with Crippen molar-refractivity contribution in [1.29, 1.82) is 0 Å². The molecule has 16 heavy (non-hydrogen) atoms. The molecule has 1 atom stereocenters. The molecule has 86 valence electrons. The van der Waals surface area contributed by atoms with E-state index in [1.807, 2.05) is 36.4 Å². The molecule has 0 aliphatic carbocycles. The van der Waals surface area contributed by atoms with Gasteiger partial charge in [-0.05, 0) is 25.1 Å². The normalized spacial score (nSPS) is 12.1. The van der Waals surface area contributed by atoms with Crippen molar-refractivity contribution in [3.8, 4) is 0 Å². The molecule has 0 saturated heterocycles. The minimum Gasteiger partial charge on any atom is -0.330 e. The largest absolute Gasteiger partial charge is 0.330 e. The van der Waals surface area contributed by atoms with Gasteiger partial charge in [0.15, 0.2) is 0 Å². The average molecular weight is 238 g/mol. The number of pyridine rings is 1. The minimum absolute atomic E-state index is 0. The molecule has 0 spiro atoms. The third-order valence-electron chi connectivity index (χ3n) is 2.48. The number of para-hydroxylation sites is 1. The molecule has 1 aromatic heterocycles. The molecule has 1 heterocycles. The van der Waals surface area contributed by atoms with Crippen LogP contribution in [0.2, 0.25) is 0 Å². The standard InChI is InChI=1S/C12H15N3.ClH/c13-8-7-10(14)12-6-5-9-3-1-2-4-11(9)15-12;/h1-6,10H,7-8,13-14H2;1H/t10-;/m0./s1. The highest BCUT2D eigenvalue weighted by Crippen LogP contribution is 2.16. The number of hydrogen-bond donors (Lipinski definition) is 2. The van der Waals surface area contributed by atoms with E-state index in [0.29, 0.717) is 6.54 Å². The fourth-order valence-corrected chi connectivity index (χ4v) is 1.62. The van der Waals surface area contributed by atoms with Crippen molar-refractivity contribution in [2.75, 3.05) is 6.54 Å². The molecular formula is C12H16ClN3. The van der Waals surface area contributed by atoms with Gasteiger partial charge in [-0.2, -0.15) is 0 Å². The smallest absolute Gasteiger partial charge is 0.0706 e. The highest BCUT2D eigenvalue weighted by molar-refractivity contribution is 5.85. The number of benzene rings is 1. The fourth-order valence-electron chi connectivity index (χ4n) is 1.62. The van der Waals surface area contributed by atoms with Gasteiger partial charge in [-0.25, -0.2) is 0 Å². The number of hydrogen-bond acceptors (Lipinski definition) is 3. The molecule has 0 aliphatic rings. The molecule has 0 bridgehead atoms. The van der Waals surface area contributed by atoms with Crippen molar-refractivity contribution in [3.05, 3.63) is 42.1 Å². The molecule has 4 N–H and O–H groups in total. The zero-order valence-corrected chi connectivity index (χ0v) is 9.78. The van der Waals surface area contributed by atoms with E-state index in [-0.39, 0.29) is 18.4 Å². The number of halogens is 1. The number of fused-ring (bicyclic) bond motifs is 1. The van der Waals surface area contributed by atoms with Crippen molar-refractivity contribution in [2.24, 2.45) is 11.5 Å². The fraction of sp³-hybridized carbons (Fsp3) is 0.250. The van der Waals surface area contributed by atoms with Crippen LogP contribution in [0.3, 0.4) is 0 Å². The van der Waals surface area contributed by atoms with Crippen LogP contribution in [-0.2, 0) is 0 Å². The van der Waals surface area contributed by atoms with Crippen molar-refractivity contribution >= 4 is 23.3 Å². The van der Waals surface area contributed by atoms with E-state index >= 15 is 0 Å². The Bertz CT molecular complexity index is 459. The van der Waals surface area contributed by atoms with Gasteiger partial charge in [0, 0.05) is 11.4 Å². The quantitative estimate of drug-likeness (QED) is 0.858. The van der Waals surface area contributed by atoms with Gasteiger partial charge in [-0.3, -0.25) is 4.98 Å². The van der Waals surface area contributed by atoms with Gasteiger partial charge < -0.3 is 11.5 Å². The van der Waals surface area contributed by atoms with Gasteiger partial charge >= 0.3 is 0 Å². The number of nitrogens with two attached hydrogens (primary N) is 2. The molecule has 0 amide bonds. The van der Waals surface area contributed by atoms with Crippen molar-refractivity contribution in [3.63, 3.8) is 0 Å². The van der Waals surface area contributed by atoms with Gasteiger partial charge in [0.1, 0.15) is 0 Å². The van der Waals surface area contributed by atoms with E-state index in [0.717, 1.165) is 23.0 Å². The Morgan fingerprint density at radius 2 is 1.88 bits per heavy atom. The maximum atomic E-state index is 5.95. The molecule has 3 nitrogen and oxygen atoms in total. The third-order valence-corrected chi connectivity index (χ3v) is 2.48. The lowest BCUT2D eigenvalue weighted by atomic mass is 10.1. The van der Waals surface area contributed by atoms with Crippen molar-refractivity contribution in [1.82, 2.24) is 4.98 Å². The molecule has 0 unspecified atom stereocenters. The maximum Gasteiger partial charge on any atom is 0.0706 e. The van der Waals surface area contributed by atoms with E-state index in [2.05, 4.69) is 4.98 Å². The summed E-state index contributed by atoms with van der Waals surface area (Å²) in [5.41, 5.74) is 13.3. The van der Waals surface area contributed by atoms with Crippen LogP contribution in [0.5, 0.6) is 0 Å². The Morgan fingerprint density at radius 1 is 1.12 bits per heavy atom. The van der Waals surface area contributed by atoms with Crippen LogP contribution < -0.4 is 11.5 Å². The number of nitrogens with zero attached hydrogens (tertiary/aromatic N) is 1. The summed E-state index contributed by atoms with van der Waals surface area (Å²) in [4.78, 5) is 4.51. The molecule has 0 aliphatic heterocycles.